The molecule has 1 aliphatic carbocycles. The van der Waals surface area contributed by atoms with E-state index in [1.54, 1.807) is 0 Å². The minimum absolute atomic E-state index is 0.723. The molecular formula is C17H35N3. The molecular weight excluding hydrogens is 246 g/mol. The zero-order valence-corrected chi connectivity index (χ0v) is 13.9. The maximum absolute atomic E-state index is 3.79. The molecule has 1 N–H and O–H groups in total. The molecule has 1 saturated heterocycles. The molecule has 0 aromatic rings. The molecule has 0 bridgehead atoms. The fourth-order valence-corrected chi connectivity index (χ4v) is 4.11. The normalized spacial score (nSPS) is 34.6. The summed E-state index contributed by atoms with van der Waals surface area (Å²) in [6.07, 6.45) is 9.79. The lowest BCUT2D eigenvalue weighted by molar-refractivity contribution is 0.0409. The third kappa shape index (κ3) is 4.19. The minimum Gasteiger partial charge on any atom is -0.313 e. The van der Waals surface area contributed by atoms with Crippen LogP contribution in [0, 0.1) is 0 Å². The van der Waals surface area contributed by atoms with Gasteiger partial charge in [-0.3, -0.25) is 4.90 Å². The summed E-state index contributed by atoms with van der Waals surface area (Å²) in [6.45, 7) is 9.50. The van der Waals surface area contributed by atoms with Crippen molar-refractivity contribution in [3.63, 3.8) is 0 Å². The van der Waals surface area contributed by atoms with Crippen LogP contribution in [-0.4, -0.2) is 61.2 Å². The van der Waals surface area contributed by atoms with Crippen LogP contribution in [0.2, 0.25) is 0 Å². The van der Waals surface area contributed by atoms with Crippen molar-refractivity contribution < 1.29 is 0 Å². The maximum atomic E-state index is 3.79. The van der Waals surface area contributed by atoms with Gasteiger partial charge in [0.15, 0.2) is 0 Å². The highest BCUT2D eigenvalue weighted by atomic mass is 15.3. The summed E-state index contributed by atoms with van der Waals surface area (Å²) in [5, 5.41) is 3.79. The summed E-state index contributed by atoms with van der Waals surface area (Å²) in [6, 6.07) is 2.26. The minimum atomic E-state index is 0.723. The SMILES string of the molecule is CCNC1CCCCCCC1N1CCN(C)C(CC)C1. The number of hydrogen-bond acceptors (Lipinski definition) is 3. The van der Waals surface area contributed by atoms with E-state index in [1.807, 2.05) is 0 Å². The van der Waals surface area contributed by atoms with Crippen LogP contribution in [0.1, 0.15) is 58.8 Å². The lowest BCUT2D eigenvalue weighted by Crippen LogP contribution is -2.59. The van der Waals surface area contributed by atoms with Gasteiger partial charge in [0, 0.05) is 37.8 Å². The number of rotatable bonds is 4. The Balaban J connectivity index is 2.00. The van der Waals surface area contributed by atoms with Crippen LogP contribution < -0.4 is 5.32 Å². The largest absolute Gasteiger partial charge is 0.313 e. The Kier molecular flexibility index (Phi) is 6.79. The Bertz CT molecular complexity index is 269. The molecule has 3 unspecified atom stereocenters. The van der Waals surface area contributed by atoms with Crippen LogP contribution in [0.5, 0.6) is 0 Å². The van der Waals surface area contributed by atoms with Gasteiger partial charge in [-0.25, -0.2) is 0 Å². The van der Waals surface area contributed by atoms with Gasteiger partial charge in [0.25, 0.3) is 0 Å². The van der Waals surface area contributed by atoms with E-state index in [0.717, 1.165) is 24.7 Å². The third-order valence-electron chi connectivity index (χ3n) is 5.44. The first kappa shape index (κ1) is 16.3. The fourth-order valence-electron chi connectivity index (χ4n) is 4.11. The molecule has 0 amide bonds. The van der Waals surface area contributed by atoms with Crippen molar-refractivity contribution in [2.45, 2.75) is 76.9 Å². The first-order valence-corrected chi connectivity index (χ1v) is 8.94. The zero-order chi connectivity index (χ0) is 14.4. The average molecular weight is 281 g/mol. The smallest absolute Gasteiger partial charge is 0.0250 e. The molecule has 3 nitrogen and oxygen atoms in total. The van der Waals surface area contributed by atoms with Gasteiger partial charge in [-0.05, 0) is 32.9 Å². The van der Waals surface area contributed by atoms with Crippen molar-refractivity contribution in [3.8, 4) is 0 Å². The van der Waals surface area contributed by atoms with E-state index >= 15 is 0 Å². The molecule has 2 fully saturated rings. The summed E-state index contributed by atoms with van der Waals surface area (Å²) in [4.78, 5) is 5.37. The Hall–Kier alpha value is -0.120. The number of nitrogens with zero attached hydrogens (tertiary/aromatic N) is 2. The summed E-state index contributed by atoms with van der Waals surface area (Å²) >= 11 is 0. The second kappa shape index (κ2) is 8.35. The van der Waals surface area contributed by atoms with Gasteiger partial charge in [0.05, 0.1) is 0 Å². The van der Waals surface area contributed by atoms with E-state index in [2.05, 4.69) is 36.0 Å². The van der Waals surface area contributed by atoms with Gasteiger partial charge < -0.3 is 10.2 Å². The first-order valence-electron chi connectivity index (χ1n) is 8.94. The molecule has 1 saturated carbocycles. The first-order chi connectivity index (χ1) is 9.76. The number of likely N-dealkylation sites (N-methyl/N-ethyl adjacent to an activating group) is 2. The van der Waals surface area contributed by atoms with Crippen LogP contribution in [0.3, 0.4) is 0 Å². The number of hydrogen-bond donors (Lipinski definition) is 1. The van der Waals surface area contributed by atoms with Crippen LogP contribution in [0.15, 0.2) is 0 Å². The zero-order valence-electron chi connectivity index (χ0n) is 13.9. The van der Waals surface area contributed by atoms with Crippen molar-refractivity contribution in [1.82, 2.24) is 15.1 Å². The van der Waals surface area contributed by atoms with Crippen molar-refractivity contribution in [2.75, 3.05) is 33.2 Å². The average Bonchev–Trinajstić information content (AvgIpc) is 2.43. The maximum Gasteiger partial charge on any atom is 0.0250 e. The molecule has 1 aliphatic heterocycles. The molecule has 0 spiro atoms. The van der Waals surface area contributed by atoms with Crippen molar-refractivity contribution in [1.29, 1.82) is 0 Å². The Labute approximate surface area is 126 Å². The van der Waals surface area contributed by atoms with Crippen LogP contribution in [-0.2, 0) is 0 Å². The van der Waals surface area contributed by atoms with E-state index in [4.69, 9.17) is 0 Å². The van der Waals surface area contributed by atoms with E-state index in [9.17, 15) is 0 Å². The van der Waals surface area contributed by atoms with E-state index < -0.39 is 0 Å². The van der Waals surface area contributed by atoms with Gasteiger partial charge in [0.1, 0.15) is 0 Å². The summed E-state index contributed by atoms with van der Waals surface area (Å²) < 4.78 is 0. The number of nitrogens with one attached hydrogen (secondary N) is 1. The molecule has 118 valence electrons. The van der Waals surface area contributed by atoms with Crippen molar-refractivity contribution in [2.24, 2.45) is 0 Å². The lowest BCUT2D eigenvalue weighted by atomic mass is 9.90. The fraction of sp³-hybridized carbons (Fsp3) is 1.00. The molecule has 0 aromatic heterocycles. The summed E-state index contributed by atoms with van der Waals surface area (Å²) in [5.41, 5.74) is 0. The Morgan fingerprint density at radius 2 is 1.75 bits per heavy atom. The van der Waals surface area contributed by atoms with Gasteiger partial charge in [-0.15, -0.1) is 0 Å². The Morgan fingerprint density at radius 3 is 2.45 bits per heavy atom. The predicted octanol–water partition coefficient (Wildman–Crippen LogP) is 2.71. The van der Waals surface area contributed by atoms with Gasteiger partial charge in [-0.1, -0.05) is 39.5 Å². The highest BCUT2D eigenvalue weighted by Crippen LogP contribution is 2.24. The summed E-state index contributed by atoms with van der Waals surface area (Å²) in [7, 11) is 2.30. The quantitative estimate of drug-likeness (QED) is 0.855. The molecule has 0 radical (unpaired) electrons. The third-order valence-corrected chi connectivity index (χ3v) is 5.44. The molecule has 0 aromatic carbocycles. The molecule has 20 heavy (non-hydrogen) atoms. The van der Waals surface area contributed by atoms with Crippen LogP contribution >= 0.6 is 0 Å². The molecule has 1 heterocycles. The predicted molar refractivity (Wildman–Crippen MR) is 87.2 cm³/mol. The van der Waals surface area contributed by atoms with E-state index in [1.165, 1.54) is 64.6 Å². The second-order valence-corrected chi connectivity index (χ2v) is 6.76. The number of piperazine rings is 1. The van der Waals surface area contributed by atoms with Crippen LogP contribution in [0.4, 0.5) is 0 Å². The van der Waals surface area contributed by atoms with Gasteiger partial charge in [-0.2, -0.15) is 0 Å². The van der Waals surface area contributed by atoms with E-state index in [0.29, 0.717) is 0 Å². The summed E-state index contributed by atoms with van der Waals surface area (Å²) in [5.74, 6) is 0. The van der Waals surface area contributed by atoms with Crippen molar-refractivity contribution >= 4 is 0 Å². The van der Waals surface area contributed by atoms with Crippen molar-refractivity contribution in [3.05, 3.63) is 0 Å². The molecule has 3 heteroatoms. The molecule has 2 aliphatic rings. The second-order valence-electron chi connectivity index (χ2n) is 6.76. The molecule has 3 atom stereocenters. The van der Waals surface area contributed by atoms with Gasteiger partial charge >= 0.3 is 0 Å². The highest BCUT2D eigenvalue weighted by Gasteiger charge is 2.32. The van der Waals surface area contributed by atoms with Gasteiger partial charge in [0.2, 0.25) is 0 Å². The molecule has 2 rings (SSSR count). The topological polar surface area (TPSA) is 18.5 Å². The van der Waals surface area contributed by atoms with Crippen LogP contribution in [0.25, 0.3) is 0 Å². The Morgan fingerprint density at radius 1 is 1.00 bits per heavy atom. The van der Waals surface area contributed by atoms with E-state index in [-0.39, 0.29) is 0 Å². The lowest BCUT2D eigenvalue weighted by Gasteiger charge is -2.46. The highest BCUT2D eigenvalue weighted by molar-refractivity contribution is 4.90. The monoisotopic (exact) mass is 281 g/mol. The standard InChI is InChI=1S/C17H35N3/c1-4-15-14-20(13-12-19(15)3)17-11-9-7-6-8-10-16(17)18-5-2/h15-18H,4-14H2,1-3H3.